The minimum absolute atomic E-state index is 0.0463. The van der Waals surface area contributed by atoms with Crippen molar-refractivity contribution >= 4 is 11.8 Å². The molecule has 29 heavy (non-hydrogen) atoms. The molecule has 0 saturated heterocycles. The Kier molecular flexibility index (Phi) is 7.44. The average Bonchev–Trinajstić information content (AvgIpc) is 3.42. The lowest BCUT2D eigenvalue weighted by Crippen LogP contribution is -2.44. The standard InChI is InChI=1S/C23H29FN2O3/c1-2-13-25(23(28)19-6-3-4-7-19)17-22(27)26(16-21-8-5-14-29-21)15-18-9-11-20(24)12-10-18/h5,8-12,14,19H,2-4,6-7,13,15-17H2,1H3. The Morgan fingerprint density at radius 2 is 1.79 bits per heavy atom. The van der Waals surface area contributed by atoms with Crippen LogP contribution in [-0.2, 0) is 22.7 Å². The summed E-state index contributed by atoms with van der Waals surface area (Å²) in [6, 6.07) is 9.72. The Labute approximate surface area is 171 Å². The number of amides is 2. The molecule has 0 N–H and O–H groups in total. The highest BCUT2D eigenvalue weighted by atomic mass is 19.1. The van der Waals surface area contributed by atoms with E-state index in [9.17, 15) is 14.0 Å². The molecule has 5 nitrogen and oxygen atoms in total. The molecule has 0 unspecified atom stereocenters. The fourth-order valence-electron chi connectivity index (χ4n) is 3.86. The van der Waals surface area contributed by atoms with Gasteiger partial charge >= 0.3 is 0 Å². The van der Waals surface area contributed by atoms with Crippen molar-refractivity contribution in [3.63, 3.8) is 0 Å². The van der Waals surface area contributed by atoms with Crippen molar-refractivity contribution in [1.82, 2.24) is 9.80 Å². The number of hydrogen-bond acceptors (Lipinski definition) is 3. The normalized spacial score (nSPS) is 14.1. The van der Waals surface area contributed by atoms with E-state index in [1.165, 1.54) is 12.1 Å². The van der Waals surface area contributed by atoms with Crippen LogP contribution in [0.4, 0.5) is 4.39 Å². The van der Waals surface area contributed by atoms with E-state index < -0.39 is 0 Å². The zero-order chi connectivity index (χ0) is 20.6. The summed E-state index contributed by atoms with van der Waals surface area (Å²) in [6.45, 7) is 3.29. The fraction of sp³-hybridized carbons (Fsp3) is 0.478. The molecule has 1 aromatic heterocycles. The van der Waals surface area contributed by atoms with Crippen LogP contribution in [0, 0.1) is 11.7 Å². The molecule has 3 rings (SSSR count). The third kappa shape index (κ3) is 5.92. The molecule has 0 atom stereocenters. The molecular weight excluding hydrogens is 371 g/mol. The summed E-state index contributed by atoms with van der Waals surface area (Å²) in [5.41, 5.74) is 0.829. The van der Waals surface area contributed by atoms with Gasteiger partial charge < -0.3 is 14.2 Å². The first kappa shape index (κ1) is 21.1. The van der Waals surface area contributed by atoms with Gasteiger partial charge in [0.1, 0.15) is 11.6 Å². The van der Waals surface area contributed by atoms with Crippen molar-refractivity contribution in [2.75, 3.05) is 13.1 Å². The highest BCUT2D eigenvalue weighted by molar-refractivity contribution is 5.86. The van der Waals surface area contributed by atoms with Crippen LogP contribution in [0.3, 0.4) is 0 Å². The van der Waals surface area contributed by atoms with Crippen molar-refractivity contribution in [3.8, 4) is 0 Å². The zero-order valence-electron chi connectivity index (χ0n) is 17.0. The summed E-state index contributed by atoms with van der Waals surface area (Å²) in [6.07, 6.45) is 6.38. The number of furan rings is 1. The maximum absolute atomic E-state index is 13.2. The van der Waals surface area contributed by atoms with Crippen LogP contribution >= 0.6 is 0 Å². The quantitative estimate of drug-likeness (QED) is 0.628. The van der Waals surface area contributed by atoms with Gasteiger partial charge in [-0.3, -0.25) is 9.59 Å². The van der Waals surface area contributed by atoms with Crippen molar-refractivity contribution in [2.45, 2.75) is 52.1 Å². The Bertz CT molecular complexity index is 783. The highest BCUT2D eigenvalue weighted by Gasteiger charge is 2.29. The molecule has 6 heteroatoms. The summed E-state index contributed by atoms with van der Waals surface area (Å²) in [5.74, 6) is 0.367. The van der Waals surface area contributed by atoms with Crippen LogP contribution in [0.15, 0.2) is 47.1 Å². The molecule has 0 spiro atoms. The van der Waals surface area contributed by atoms with Crippen LogP contribution in [0.25, 0.3) is 0 Å². The van der Waals surface area contributed by atoms with E-state index in [-0.39, 0.29) is 30.1 Å². The first-order valence-corrected chi connectivity index (χ1v) is 10.4. The van der Waals surface area contributed by atoms with Gasteiger partial charge in [-0.2, -0.15) is 0 Å². The van der Waals surface area contributed by atoms with Crippen LogP contribution in [0.5, 0.6) is 0 Å². The van der Waals surface area contributed by atoms with Crippen LogP contribution in [0.2, 0.25) is 0 Å². The number of nitrogens with zero attached hydrogens (tertiary/aromatic N) is 2. The van der Waals surface area contributed by atoms with Gasteiger partial charge in [0.05, 0.1) is 19.4 Å². The van der Waals surface area contributed by atoms with E-state index in [2.05, 4.69) is 0 Å². The van der Waals surface area contributed by atoms with E-state index in [1.807, 2.05) is 13.0 Å². The molecular formula is C23H29FN2O3. The predicted octanol–water partition coefficient (Wildman–Crippen LogP) is 4.38. The summed E-state index contributed by atoms with van der Waals surface area (Å²) < 4.78 is 18.7. The second-order valence-corrected chi connectivity index (χ2v) is 7.70. The number of benzene rings is 1. The Morgan fingerprint density at radius 3 is 2.41 bits per heavy atom. The lowest BCUT2D eigenvalue weighted by Gasteiger charge is -2.29. The van der Waals surface area contributed by atoms with Gasteiger partial charge in [0.15, 0.2) is 0 Å². The fourth-order valence-corrected chi connectivity index (χ4v) is 3.86. The monoisotopic (exact) mass is 400 g/mol. The van der Waals surface area contributed by atoms with Crippen LogP contribution in [-0.4, -0.2) is 34.7 Å². The zero-order valence-corrected chi connectivity index (χ0v) is 17.0. The number of carbonyl (C=O) groups is 2. The van der Waals surface area contributed by atoms with Gasteiger partial charge in [-0.25, -0.2) is 4.39 Å². The summed E-state index contributed by atoms with van der Waals surface area (Å²) in [7, 11) is 0. The molecule has 1 fully saturated rings. The minimum atomic E-state index is -0.311. The third-order valence-corrected chi connectivity index (χ3v) is 5.40. The van der Waals surface area contributed by atoms with Gasteiger partial charge in [0.25, 0.3) is 0 Å². The van der Waals surface area contributed by atoms with Crippen molar-refractivity contribution in [2.24, 2.45) is 5.92 Å². The smallest absolute Gasteiger partial charge is 0.242 e. The van der Waals surface area contributed by atoms with Gasteiger partial charge in [-0.15, -0.1) is 0 Å². The second kappa shape index (κ2) is 10.2. The molecule has 156 valence electrons. The summed E-state index contributed by atoms with van der Waals surface area (Å²) in [4.78, 5) is 29.4. The number of carbonyl (C=O) groups excluding carboxylic acids is 2. The summed E-state index contributed by atoms with van der Waals surface area (Å²) in [5, 5.41) is 0. The molecule has 1 aliphatic rings. The molecule has 1 aromatic carbocycles. The van der Waals surface area contributed by atoms with Crippen LogP contribution in [0.1, 0.15) is 50.4 Å². The highest BCUT2D eigenvalue weighted by Crippen LogP contribution is 2.26. The Hall–Kier alpha value is -2.63. The predicted molar refractivity (Wildman–Crippen MR) is 108 cm³/mol. The molecule has 1 saturated carbocycles. The molecule has 2 amide bonds. The van der Waals surface area contributed by atoms with Crippen molar-refractivity contribution in [3.05, 3.63) is 59.8 Å². The van der Waals surface area contributed by atoms with Crippen molar-refractivity contribution < 1.29 is 18.4 Å². The maximum Gasteiger partial charge on any atom is 0.242 e. The number of rotatable bonds is 9. The Balaban J connectivity index is 1.72. The number of hydrogen-bond donors (Lipinski definition) is 0. The molecule has 1 aliphatic carbocycles. The largest absolute Gasteiger partial charge is 0.467 e. The van der Waals surface area contributed by atoms with Gasteiger partial charge in [-0.1, -0.05) is 31.9 Å². The lowest BCUT2D eigenvalue weighted by atomic mass is 10.1. The van der Waals surface area contributed by atoms with E-state index in [4.69, 9.17) is 4.42 Å². The minimum Gasteiger partial charge on any atom is -0.467 e. The molecule has 0 bridgehead atoms. The third-order valence-electron chi connectivity index (χ3n) is 5.40. The SMILES string of the molecule is CCCN(CC(=O)N(Cc1ccc(F)cc1)Cc1ccco1)C(=O)C1CCCC1. The first-order chi connectivity index (χ1) is 14.1. The van der Waals surface area contributed by atoms with E-state index in [1.54, 1.807) is 34.3 Å². The molecule has 1 heterocycles. The van der Waals surface area contributed by atoms with Gasteiger partial charge in [0.2, 0.25) is 11.8 Å². The first-order valence-electron chi connectivity index (χ1n) is 10.4. The molecule has 0 radical (unpaired) electrons. The van der Waals surface area contributed by atoms with Gasteiger partial charge in [-0.05, 0) is 49.1 Å². The van der Waals surface area contributed by atoms with E-state index in [0.717, 1.165) is 37.7 Å². The van der Waals surface area contributed by atoms with E-state index in [0.29, 0.717) is 25.4 Å². The second-order valence-electron chi connectivity index (χ2n) is 7.70. The molecule has 0 aliphatic heterocycles. The van der Waals surface area contributed by atoms with Crippen LogP contribution < -0.4 is 0 Å². The summed E-state index contributed by atoms with van der Waals surface area (Å²) >= 11 is 0. The molecule has 2 aromatic rings. The van der Waals surface area contributed by atoms with E-state index >= 15 is 0 Å². The maximum atomic E-state index is 13.2. The Morgan fingerprint density at radius 1 is 1.07 bits per heavy atom. The topological polar surface area (TPSA) is 53.8 Å². The number of halogens is 1. The van der Waals surface area contributed by atoms with Gasteiger partial charge in [0, 0.05) is 19.0 Å². The average molecular weight is 400 g/mol. The van der Waals surface area contributed by atoms with Crippen molar-refractivity contribution in [1.29, 1.82) is 0 Å². The lowest BCUT2D eigenvalue weighted by molar-refractivity contribution is -0.143.